The molecule has 234 valence electrons. The predicted octanol–water partition coefficient (Wildman–Crippen LogP) is 4.59. The maximum absolute atomic E-state index is 14.4. The molecule has 0 saturated carbocycles. The third kappa shape index (κ3) is 6.49. The Morgan fingerprint density at radius 1 is 0.848 bits per heavy atom. The van der Waals surface area contributed by atoms with E-state index in [4.69, 9.17) is 4.74 Å². The van der Waals surface area contributed by atoms with E-state index in [1.54, 1.807) is 54.6 Å². The van der Waals surface area contributed by atoms with Gasteiger partial charge < -0.3 is 15.0 Å². The molecular weight excluding hydrogens is 600 g/mol. The highest BCUT2D eigenvalue weighted by molar-refractivity contribution is 7.89. The fourth-order valence-electron chi connectivity index (χ4n) is 5.82. The molecule has 1 aromatic heterocycles. The average Bonchev–Trinajstić information content (AvgIpc) is 3.11. The maximum atomic E-state index is 14.4. The third-order valence-corrected chi connectivity index (χ3v) is 10.2. The molecule has 1 fully saturated rings. The molecule has 0 radical (unpaired) electrons. The van der Waals surface area contributed by atoms with Gasteiger partial charge in [-0.3, -0.25) is 14.6 Å². The van der Waals surface area contributed by atoms with E-state index in [1.165, 1.54) is 10.4 Å². The summed E-state index contributed by atoms with van der Waals surface area (Å²) in [6.07, 6.45) is 1.65. The van der Waals surface area contributed by atoms with Crippen LogP contribution in [-0.2, 0) is 26.0 Å². The minimum Gasteiger partial charge on any atom is -0.497 e. The molecule has 1 aliphatic heterocycles. The Labute approximate surface area is 268 Å². The molecule has 1 aliphatic rings. The number of hydrogen-bond acceptors (Lipinski definition) is 6. The van der Waals surface area contributed by atoms with Gasteiger partial charge in [-0.05, 0) is 41.0 Å². The van der Waals surface area contributed by atoms with Crippen LogP contribution in [0.4, 0.5) is 0 Å². The molecule has 1 unspecified atom stereocenters. The number of hydrogen-bond donors (Lipinski definition) is 1. The van der Waals surface area contributed by atoms with Gasteiger partial charge >= 0.3 is 0 Å². The van der Waals surface area contributed by atoms with Crippen molar-refractivity contribution in [1.29, 1.82) is 0 Å². The Kier molecular flexibility index (Phi) is 9.09. The number of aromatic nitrogens is 1. The molecule has 46 heavy (non-hydrogen) atoms. The number of ether oxygens (including phenoxy) is 1. The zero-order valence-electron chi connectivity index (χ0n) is 25.3. The number of amides is 2. The summed E-state index contributed by atoms with van der Waals surface area (Å²) in [5, 5.41) is 3.79. The number of nitrogens with zero attached hydrogens (tertiary/aromatic N) is 3. The number of benzene rings is 4. The van der Waals surface area contributed by atoms with Gasteiger partial charge in [0.2, 0.25) is 21.8 Å². The number of para-hydroxylation sites is 1. The molecular formula is C36H34N4O5S. The summed E-state index contributed by atoms with van der Waals surface area (Å²) in [6, 6.07) is 33.0. The minimum atomic E-state index is -4.21. The van der Waals surface area contributed by atoms with Crippen LogP contribution in [0.5, 0.6) is 5.75 Å². The highest BCUT2D eigenvalue weighted by atomic mass is 32.2. The van der Waals surface area contributed by atoms with Crippen LogP contribution in [0.2, 0.25) is 0 Å². The number of pyridine rings is 1. The average molecular weight is 635 g/mol. The van der Waals surface area contributed by atoms with E-state index in [0.717, 1.165) is 16.7 Å². The van der Waals surface area contributed by atoms with Crippen molar-refractivity contribution < 1.29 is 22.7 Å². The molecule has 1 N–H and O–H groups in total. The zero-order valence-corrected chi connectivity index (χ0v) is 26.1. The van der Waals surface area contributed by atoms with Crippen LogP contribution >= 0.6 is 0 Å². The second kappa shape index (κ2) is 13.5. The number of sulfonamides is 1. The van der Waals surface area contributed by atoms with Crippen molar-refractivity contribution in [3.8, 4) is 5.75 Å². The van der Waals surface area contributed by atoms with Gasteiger partial charge in [0.25, 0.3) is 0 Å². The van der Waals surface area contributed by atoms with Gasteiger partial charge in [0, 0.05) is 31.2 Å². The largest absolute Gasteiger partial charge is 0.497 e. The van der Waals surface area contributed by atoms with Crippen molar-refractivity contribution in [2.24, 2.45) is 0 Å². The Hall–Kier alpha value is -5.06. The smallest absolute Gasteiger partial charge is 0.246 e. The van der Waals surface area contributed by atoms with Crippen LogP contribution < -0.4 is 10.1 Å². The summed E-state index contributed by atoms with van der Waals surface area (Å²) in [5.41, 5.74) is 2.81. The lowest BCUT2D eigenvalue weighted by molar-refractivity contribution is -0.135. The molecule has 4 aromatic carbocycles. The first kappa shape index (κ1) is 30.9. The molecule has 0 aliphatic carbocycles. The molecule has 1 atom stereocenters. The van der Waals surface area contributed by atoms with Crippen LogP contribution in [-0.4, -0.2) is 67.2 Å². The third-order valence-electron chi connectivity index (χ3n) is 8.24. The number of rotatable bonds is 9. The summed E-state index contributed by atoms with van der Waals surface area (Å²) in [7, 11) is -2.63. The van der Waals surface area contributed by atoms with E-state index in [-0.39, 0.29) is 36.9 Å². The Morgan fingerprint density at radius 3 is 2.15 bits per heavy atom. The summed E-state index contributed by atoms with van der Waals surface area (Å²) in [4.78, 5) is 33.8. The standard InChI is InChI=1S/C36H34N4O5S/c1-45-30-19-17-26(18-20-30)24-33(41)39-22-23-40(46(43,44)32-16-8-14-29-15-9-21-37-35(29)32)31(25-39)36(42)38-34(27-10-4-2-5-11-27)28-12-6-3-7-13-28/h2-21,31,34H,22-25H2,1H3,(H,38,42). The summed E-state index contributed by atoms with van der Waals surface area (Å²) < 4.78 is 35.2. The predicted molar refractivity (Wildman–Crippen MR) is 176 cm³/mol. The van der Waals surface area contributed by atoms with Crippen molar-refractivity contribution in [2.75, 3.05) is 26.7 Å². The Balaban J connectivity index is 1.34. The van der Waals surface area contributed by atoms with Crippen LogP contribution in [0, 0.1) is 0 Å². The van der Waals surface area contributed by atoms with E-state index in [1.807, 2.05) is 72.8 Å². The molecule has 5 aromatic rings. The topological polar surface area (TPSA) is 109 Å². The van der Waals surface area contributed by atoms with E-state index in [0.29, 0.717) is 16.7 Å². The molecule has 9 nitrogen and oxygen atoms in total. The number of piperazine rings is 1. The molecule has 2 amide bonds. The van der Waals surface area contributed by atoms with Gasteiger partial charge in [-0.25, -0.2) is 8.42 Å². The zero-order chi connectivity index (χ0) is 32.1. The first-order chi connectivity index (χ1) is 22.3. The summed E-state index contributed by atoms with van der Waals surface area (Å²) >= 11 is 0. The number of carbonyl (C=O) groups is 2. The molecule has 0 spiro atoms. The van der Waals surface area contributed by atoms with Crippen LogP contribution in [0.3, 0.4) is 0 Å². The van der Waals surface area contributed by atoms with E-state index in [9.17, 15) is 18.0 Å². The molecule has 1 saturated heterocycles. The second-order valence-electron chi connectivity index (χ2n) is 11.1. The summed E-state index contributed by atoms with van der Waals surface area (Å²) in [6.45, 7) is -0.0229. The first-order valence-electron chi connectivity index (χ1n) is 15.0. The highest BCUT2D eigenvalue weighted by Crippen LogP contribution is 2.29. The van der Waals surface area contributed by atoms with E-state index >= 15 is 0 Å². The normalized spacial score (nSPS) is 15.5. The van der Waals surface area contributed by atoms with Gasteiger partial charge in [-0.15, -0.1) is 0 Å². The van der Waals surface area contributed by atoms with E-state index in [2.05, 4.69) is 10.3 Å². The van der Waals surface area contributed by atoms with Gasteiger partial charge in [0.15, 0.2) is 0 Å². The van der Waals surface area contributed by atoms with Crippen LogP contribution in [0.15, 0.2) is 126 Å². The first-order valence-corrected chi connectivity index (χ1v) is 16.5. The van der Waals surface area contributed by atoms with Crippen molar-refractivity contribution in [3.05, 3.63) is 138 Å². The number of methoxy groups -OCH3 is 1. The molecule has 6 rings (SSSR count). The van der Waals surface area contributed by atoms with Crippen LogP contribution in [0.25, 0.3) is 10.9 Å². The van der Waals surface area contributed by atoms with Gasteiger partial charge in [-0.2, -0.15) is 4.31 Å². The fraction of sp³-hybridized carbons (Fsp3) is 0.194. The molecule has 0 bridgehead atoms. The SMILES string of the molecule is COc1ccc(CC(=O)N2CCN(S(=O)(=O)c3cccc4cccnc34)C(C(=O)NC(c3ccccc3)c3ccccc3)C2)cc1. The number of carbonyl (C=O) groups excluding carboxylic acids is 2. The molecule has 2 heterocycles. The van der Waals surface area contributed by atoms with Crippen molar-refractivity contribution in [1.82, 2.24) is 19.5 Å². The lowest BCUT2D eigenvalue weighted by Crippen LogP contribution is -2.61. The van der Waals surface area contributed by atoms with Gasteiger partial charge in [0.1, 0.15) is 16.7 Å². The summed E-state index contributed by atoms with van der Waals surface area (Å²) in [5.74, 6) is -0.0213. The van der Waals surface area contributed by atoms with E-state index < -0.39 is 28.0 Å². The van der Waals surface area contributed by atoms with Crippen molar-refractivity contribution >= 4 is 32.7 Å². The quantitative estimate of drug-likeness (QED) is 0.254. The van der Waals surface area contributed by atoms with Crippen molar-refractivity contribution in [2.45, 2.75) is 23.4 Å². The van der Waals surface area contributed by atoms with Gasteiger partial charge in [0.05, 0.1) is 25.1 Å². The monoisotopic (exact) mass is 634 g/mol. The highest BCUT2D eigenvalue weighted by Gasteiger charge is 2.42. The minimum absolute atomic E-state index is 0.0177. The maximum Gasteiger partial charge on any atom is 0.246 e. The van der Waals surface area contributed by atoms with Crippen LogP contribution in [0.1, 0.15) is 22.7 Å². The second-order valence-corrected chi connectivity index (χ2v) is 12.9. The number of nitrogens with one attached hydrogen (secondary N) is 1. The lowest BCUT2D eigenvalue weighted by Gasteiger charge is -2.40. The molecule has 10 heteroatoms. The fourth-order valence-corrected chi connectivity index (χ4v) is 7.56. The number of fused-ring (bicyclic) bond motifs is 1. The Bertz CT molecular complexity index is 1890. The Morgan fingerprint density at radius 2 is 1.50 bits per heavy atom. The van der Waals surface area contributed by atoms with Gasteiger partial charge in [-0.1, -0.05) is 91.0 Å². The van der Waals surface area contributed by atoms with Crippen molar-refractivity contribution in [3.63, 3.8) is 0 Å². The lowest BCUT2D eigenvalue weighted by atomic mass is 9.98.